The van der Waals surface area contributed by atoms with Crippen LogP contribution >= 0.6 is 0 Å². The van der Waals surface area contributed by atoms with Crippen LogP contribution in [0.25, 0.3) is 0 Å². The van der Waals surface area contributed by atoms with Crippen molar-refractivity contribution in [2.24, 2.45) is 5.73 Å². The molecule has 1 saturated heterocycles. The minimum atomic E-state index is -1.19. The zero-order valence-corrected chi connectivity index (χ0v) is 22.4. The van der Waals surface area contributed by atoms with Crippen LogP contribution in [0.3, 0.4) is 0 Å². The van der Waals surface area contributed by atoms with E-state index in [9.17, 15) is 4.79 Å². The van der Waals surface area contributed by atoms with Gasteiger partial charge in [-0.1, -0.05) is 18.2 Å². The number of nitrogens with zero attached hydrogens (tertiary/aromatic N) is 3. The fraction of sp³-hybridized carbons (Fsp3) is 0.321. The van der Waals surface area contributed by atoms with Crippen LogP contribution in [-0.4, -0.2) is 68.1 Å². The van der Waals surface area contributed by atoms with Crippen molar-refractivity contribution >= 4 is 17.5 Å². The SMILES string of the molecule is CCOC(=O)CN1CCC(Oc2c(F)c(Oc3cccc(N(C)C)c3)nc(Oc3ccccc3C(=N)N)c2F)C1. The molecule has 40 heavy (non-hydrogen) atoms. The van der Waals surface area contributed by atoms with E-state index in [1.54, 1.807) is 42.2 Å². The predicted octanol–water partition coefficient (Wildman–Crippen LogP) is 4.31. The molecule has 2 aromatic carbocycles. The first-order chi connectivity index (χ1) is 19.2. The lowest BCUT2D eigenvalue weighted by Gasteiger charge is -2.19. The Labute approximate surface area is 230 Å². The number of carbonyl (C=O) groups is 1. The van der Waals surface area contributed by atoms with Crippen LogP contribution in [0.15, 0.2) is 48.5 Å². The molecule has 3 aromatic rings. The number of likely N-dealkylation sites (tertiary alicyclic amines) is 1. The lowest BCUT2D eigenvalue weighted by Crippen LogP contribution is -2.31. The topological polar surface area (TPSA) is 123 Å². The molecule has 0 radical (unpaired) electrons. The Bertz CT molecular complexity index is 1390. The van der Waals surface area contributed by atoms with E-state index in [1.165, 1.54) is 12.1 Å². The molecule has 4 rings (SSSR count). The molecule has 212 valence electrons. The molecule has 1 aliphatic rings. The fourth-order valence-electron chi connectivity index (χ4n) is 4.13. The summed E-state index contributed by atoms with van der Waals surface area (Å²) in [6.45, 7) is 2.75. The third-order valence-electron chi connectivity index (χ3n) is 6.08. The van der Waals surface area contributed by atoms with Gasteiger partial charge in [-0.15, -0.1) is 0 Å². The van der Waals surface area contributed by atoms with Gasteiger partial charge in [-0.2, -0.15) is 13.8 Å². The molecule has 0 amide bonds. The van der Waals surface area contributed by atoms with Crippen molar-refractivity contribution in [2.75, 3.05) is 45.2 Å². The minimum Gasteiger partial charge on any atom is -0.483 e. The highest BCUT2D eigenvalue weighted by Gasteiger charge is 2.31. The van der Waals surface area contributed by atoms with Gasteiger partial charge in [-0.3, -0.25) is 15.1 Å². The van der Waals surface area contributed by atoms with Crippen molar-refractivity contribution in [3.8, 4) is 29.0 Å². The number of pyridine rings is 1. The molecule has 1 unspecified atom stereocenters. The Kier molecular flexibility index (Phi) is 9.00. The van der Waals surface area contributed by atoms with Gasteiger partial charge in [0.05, 0.1) is 18.7 Å². The first kappa shape index (κ1) is 28.6. The molecule has 0 bridgehead atoms. The number of ether oxygens (including phenoxy) is 4. The summed E-state index contributed by atoms with van der Waals surface area (Å²) in [5.74, 6) is -4.65. The van der Waals surface area contributed by atoms with Crippen molar-refractivity contribution in [2.45, 2.75) is 19.4 Å². The first-order valence-electron chi connectivity index (χ1n) is 12.7. The van der Waals surface area contributed by atoms with Gasteiger partial charge >= 0.3 is 5.97 Å². The number of hydrogen-bond donors (Lipinski definition) is 2. The number of rotatable bonds is 11. The van der Waals surface area contributed by atoms with Gasteiger partial charge in [0, 0.05) is 38.9 Å². The van der Waals surface area contributed by atoms with Crippen LogP contribution in [0.4, 0.5) is 14.5 Å². The zero-order valence-electron chi connectivity index (χ0n) is 22.4. The minimum absolute atomic E-state index is 0.0426. The second kappa shape index (κ2) is 12.6. The number of anilines is 1. The highest BCUT2D eigenvalue weighted by atomic mass is 19.1. The summed E-state index contributed by atoms with van der Waals surface area (Å²) in [6.07, 6.45) is -0.200. The molecular weight excluding hydrogens is 524 g/mol. The highest BCUT2D eigenvalue weighted by molar-refractivity contribution is 5.97. The number of para-hydroxylation sites is 1. The molecule has 2 heterocycles. The standard InChI is InChI=1S/C28H31F2N5O5/c1-4-37-22(36)16-35-13-12-19(15-35)38-25-23(29)27(39-18-9-7-8-17(14-18)34(2)3)33-28(24(25)30)40-21-11-6-5-10-20(21)26(31)32/h5-11,14,19H,4,12-13,15-16H2,1-3H3,(H3,31,32). The predicted molar refractivity (Wildman–Crippen MR) is 145 cm³/mol. The molecule has 1 atom stereocenters. The van der Waals surface area contributed by atoms with Crippen molar-refractivity contribution in [1.82, 2.24) is 9.88 Å². The third-order valence-corrected chi connectivity index (χ3v) is 6.08. The molecule has 3 N–H and O–H groups in total. The molecule has 0 saturated carbocycles. The van der Waals surface area contributed by atoms with Gasteiger partial charge in [0.2, 0.25) is 17.4 Å². The number of nitrogen functional groups attached to an aromatic ring is 1. The van der Waals surface area contributed by atoms with Crippen molar-refractivity contribution in [3.05, 3.63) is 65.7 Å². The van der Waals surface area contributed by atoms with Crippen molar-refractivity contribution < 1.29 is 32.5 Å². The van der Waals surface area contributed by atoms with E-state index in [4.69, 9.17) is 30.1 Å². The van der Waals surface area contributed by atoms with Gasteiger partial charge in [0.1, 0.15) is 23.4 Å². The fourth-order valence-corrected chi connectivity index (χ4v) is 4.13. The van der Waals surface area contributed by atoms with E-state index in [1.807, 2.05) is 25.1 Å². The number of nitrogens with two attached hydrogens (primary N) is 1. The van der Waals surface area contributed by atoms with E-state index in [-0.39, 0.29) is 48.6 Å². The largest absolute Gasteiger partial charge is 0.483 e. The Balaban J connectivity index is 1.68. The second-order valence-electron chi connectivity index (χ2n) is 9.25. The maximum absolute atomic E-state index is 15.7. The van der Waals surface area contributed by atoms with Crippen LogP contribution in [0.5, 0.6) is 29.0 Å². The number of nitrogens with one attached hydrogen (secondary N) is 1. The molecule has 0 aliphatic carbocycles. The van der Waals surface area contributed by atoms with E-state index >= 15 is 8.78 Å². The van der Waals surface area contributed by atoms with E-state index in [0.717, 1.165) is 5.69 Å². The first-order valence-corrected chi connectivity index (χ1v) is 12.7. The number of hydrogen-bond acceptors (Lipinski definition) is 9. The number of aromatic nitrogens is 1. The smallest absolute Gasteiger partial charge is 0.320 e. The molecule has 0 spiro atoms. The Morgan fingerprint density at radius 2 is 1.85 bits per heavy atom. The molecule has 12 heteroatoms. The van der Waals surface area contributed by atoms with Gasteiger partial charge in [-0.05, 0) is 37.6 Å². The molecule has 1 aromatic heterocycles. The number of halogens is 2. The maximum Gasteiger partial charge on any atom is 0.320 e. The zero-order chi connectivity index (χ0) is 28.8. The van der Waals surface area contributed by atoms with E-state index in [2.05, 4.69) is 4.98 Å². The average Bonchev–Trinajstić information content (AvgIpc) is 3.36. The number of carbonyl (C=O) groups excluding carboxylic acids is 1. The summed E-state index contributed by atoms with van der Waals surface area (Å²) in [4.78, 5) is 19.5. The normalized spacial score (nSPS) is 15.0. The van der Waals surface area contributed by atoms with Crippen LogP contribution in [0.2, 0.25) is 0 Å². The lowest BCUT2D eigenvalue weighted by molar-refractivity contribution is -0.144. The molecule has 1 fully saturated rings. The van der Waals surface area contributed by atoms with Crippen LogP contribution in [0, 0.1) is 17.0 Å². The molecule has 1 aliphatic heterocycles. The number of esters is 1. The van der Waals surface area contributed by atoms with Crippen LogP contribution in [-0.2, 0) is 9.53 Å². The van der Waals surface area contributed by atoms with Crippen LogP contribution < -0.4 is 24.8 Å². The van der Waals surface area contributed by atoms with Gasteiger partial charge in [0.25, 0.3) is 11.8 Å². The molecular formula is C28H31F2N5O5. The van der Waals surface area contributed by atoms with Crippen LogP contribution in [0.1, 0.15) is 18.9 Å². The Morgan fingerprint density at radius 1 is 1.12 bits per heavy atom. The Hall–Kier alpha value is -4.45. The van der Waals surface area contributed by atoms with Crippen molar-refractivity contribution in [1.29, 1.82) is 5.41 Å². The lowest BCUT2D eigenvalue weighted by atomic mass is 10.2. The quantitative estimate of drug-likeness (QED) is 0.202. The summed E-state index contributed by atoms with van der Waals surface area (Å²) in [7, 11) is 3.68. The summed E-state index contributed by atoms with van der Waals surface area (Å²) in [5.41, 5.74) is 6.63. The van der Waals surface area contributed by atoms with E-state index in [0.29, 0.717) is 13.0 Å². The van der Waals surface area contributed by atoms with Gasteiger partial charge in [-0.25, -0.2) is 0 Å². The average molecular weight is 556 g/mol. The molecule has 10 nitrogen and oxygen atoms in total. The highest BCUT2D eigenvalue weighted by Crippen LogP contribution is 2.39. The third kappa shape index (κ3) is 6.75. The van der Waals surface area contributed by atoms with E-state index < -0.39 is 35.2 Å². The summed E-state index contributed by atoms with van der Waals surface area (Å²) in [5, 5.41) is 7.79. The monoisotopic (exact) mass is 555 g/mol. The summed E-state index contributed by atoms with van der Waals surface area (Å²) >= 11 is 0. The summed E-state index contributed by atoms with van der Waals surface area (Å²) < 4.78 is 53.6. The van der Waals surface area contributed by atoms with Gasteiger partial charge < -0.3 is 29.6 Å². The second-order valence-corrected chi connectivity index (χ2v) is 9.25. The number of amidine groups is 1. The Morgan fingerprint density at radius 3 is 2.55 bits per heavy atom. The maximum atomic E-state index is 15.7. The summed E-state index contributed by atoms with van der Waals surface area (Å²) in [6, 6.07) is 13.1. The van der Waals surface area contributed by atoms with Crippen molar-refractivity contribution in [3.63, 3.8) is 0 Å². The van der Waals surface area contributed by atoms with Gasteiger partial charge in [0.15, 0.2) is 0 Å². The number of benzene rings is 2.